The van der Waals surface area contributed by atoms with Crippen LogP contribution in [0.4, 0.5) is 4.79 Å². The summed E-state index contributed by atoms with van der Waals surface area (Å²) in [4.78, 5) is 22.3. The molecule has 0 aromatic heterocycles. The van der Waals surface area contributed by atoms with E-state index in [1.807, 2.05) is 12.1 Å². The summed E-state index contributed by atoms with van der Waals surface area (Å²) in [7, 11) is 0. The van der Waals surface area contributed by atoms with Crippen molar-refractivity contribution in [2.24, 2.45) is 5.73 Å². The third-order valence-electron chi connectivity index (χ3n) is 3.46. The Labute approximate surface area is 112 Å². The van der Waals surface area contributed by atoms with E-state index >= 15 is 0 Å². The largest absolute Gasteiger partial charge is 0.351 e. The minimum Gasteiger partial charge on any atom is -0.351 e. The Bertz CT molecular complexity index is 487. The minimum absolute atomic E-state index is 0.151. The number of benzene rings is 1. The molecule has 1 aromatic carbocycles. The van der Waals surface area contributed by atoms with Crippen LogP contribution < -0.4 is 16.4 Å². The van der Waals surface area contributed by atoms with Crippen molar-refractivity contribution in [3.8, 4) is 0 Å². The quantitative estimate of drug-likeness (QED) is 0.765. The topological polar surface area (TPSA) is 84.2 Å². The van der Waals surface area contributed by atoms with Gasteiger partial charge < -0.3 is 5.73 Å². The van der Waals surface area contributed by atoms with E-state index in [0.29, 0.717) is 0 Å². The van der Waals surface area contributed by atoms with E-state index in [9.17, 15) is 9.59 Å². The van der Waals surface area contributed by atoms with Crippen LogP contribution in [0.25, 0.3) is 0 Å². The fraction of sp³-hybridized carbons (Fsp3) is 0.429. The lowest BCUT2D eigenvalue weighted by molar-refractivity contribution is -0.121. The van der Waals surface area contributed by atoms with Gasteiger partial charge in [0.2, 0.25) is 5.91 Å². The van der Waals surface area contributed by atoms with Crippen LogP contribution in [0.3, 0.4) is 0 Å². The van der Waals surface area contributed by atoms with E-state index in [0.717, 1.165) is 19.3 Å². The Hall–Kier alpha value is -1.88. The summed E-state index contributed by atoms with van der Waals surface area (Å²) < 4.78 is 0. The molecule has 2 rings (SSSR count). The Morgan fingerprint density at radius 2 is 2.11 bits per heavy atom. The highest BCUT2D eigenvalue weighted by atomic mass is 16.2. The van der Waals surface area contributed by atoms with E-state index in [2.05, 4.69) is 22.8 Å². The molecular weight excluding hydrogens is 242 g/mol. The number of nitrogens with one attached hydrogen (secondary N) is 2. The molecule has 2 atom stereocenters. The normalized spacial score (nSPS) is 19.3. The van der Waals surface area contributed by atoms with Crippen molar-refractivity contribution in [1.82, 2.24) is 10.6 Å². The van der Waals surface area contributed by atoms with Crippen LogP contribution in [0.5, 0.6) is 0 Å². The molecule has 4 N–H and O–H groups in total. The molecule has 5 nitrogen and oxygen atoms in total. The average Bonchev–Trinajstić information content (AvgIpc) is 2.38. The molecule has 0 spiro atoms. The van der Waals surface area contributed by atoms with Crippen LogP contribution in [-0.4, -0.2) is 18.0 Å². The van der Waals surface area contributed by atoms with Crippen LogP contribution in [-0.2, 0) is 11.2 Å². The molecule has 0 aliphatic heterocycles. The fourth-order valence-corrected chi connectivity index (χ4v) is 2.53. The van der Waals surface area contributed by atoms with Crippen molar-refractivity contribution in [2.75, 3.05) is 0 Å². The predicted molar refractivity (Wildman–Crippen MR) is 72.4 cm³/mol. The first kappa shape index (κ1) is 13.5. The van der Waals surface area contributed by atoms with Crippen molar-refractivity contribution in [3.05, 3.63) is 35.4 Å². The second kappa shape index (κ2) is 5.84. The molecule has 5 heteroatoms. The monoisotopic (exact) mass is 261 g/mol. The molecule has 1 aliphatic carbocycles. The summed E-state index contributed by atoms with van der Waals surface area (Å²) >= 11 is 0. The van der Waals surface area contributed by atoms with Crippen LogP contribution in [0.15, 0.2) is 24.3 Å². The molecule has 102 valence electrons. The average molecular weight is 261 g/mol. The Morgan fingerprint density at radius 3 is 2.84 bits per heavy atom. The first-order valence-corrected chi connectivity index (χ1v) is 6.52. The smallest absolute Gasteiger partial charge is 0.318 e. The summed E-state index contributed by atoms with van der Waals surface area (Å²) in [5.41, 5.74) is 7.51. The number of hydrogen-bond acceptors (Lipinski definition) is 3. The molecular formula is C14H19N3O2. The molecule has 19 heavy (non-hydrogen) atoms. The van der Waals surface area contributed by atoms with Crippen molar-refractivity contribution in [1.29, 1.82) is 0 Å². The zero-order chi connectivity index (χ0) is 13.8. The van der Waals surface area contributed by atoms with Gasteiger partial charge in [0.1, 0.15) is 0 Å². The number of carbonyl (C=O) groups is 2. The van der Waals surface area contributed by atoms with Gasteiger partial charge in [-0.2, -0.15) is 0 Å². The molecule has 3 amide bonds. The van der Waals surface area contributed by atoms with Gasteiger partial charge in [0.25, 0.3) is 0 Å². The number of nitrogens with two attached hydrogens (primary N) is 1. The maximum atomic E-state index is 11.7. The Balaban J connectivity index is 2.04. The van der Waals surface area contributed by atoms with Crippen molar-refractivity contribution < 1.29 is 9.59 Å². The highest BCUT2D eigenvalue weighted by Crippen LogP contribution is 2.29. The highest BCUT2D eigenvalue weighted by molar-refractivity contribution is 5.96. The number of urea groups is 1. The fourth-order valence-electron chi connectivity index (χ4n) is 2.53. The van der Waals surface area contributed by atoms with Crippen molar-refractivity contribution in [3.63, 3.8) is 0 Å². The van der Waals surface area contributed by atoms with E-state index in [1.165, 1.54) is 11.1 Å². The zero-order valence-corrected chi connectivity index (χ0v) is 11.0. The standard InChI is InChI=1S/C14H19N3O2/c1-9(13(18)17-14(15)19)16-12-8-4-6-10-5-2-3-7-11(10)12/h2-3,5,7,9,12,16H,4,6,8H2,1H3,(H3,15,17,18,19)/t9-,12-/m0/s1. The Morgan fingerprint density at radius 1 is 1.37 bits per heavy atom. The van der Waals surface area contributed by atoms with Gasteiger partial charge in [0, 0.05) is 6.04 Å². The van der Waals surface area contributed by atoms with Crippen molar-refractivity contribution in [2.45, 2.75) is 38.3 Å². The summed E-state index contributed by atoms with van der Waals surface area (Å²) in [6, 6.07) is 7.13. The summed E-state index contributed by atoms with van der Waals surface area (Å²) in [5.74, 6) is -0.393. The summed E-state index contributed by atoms with van der Waals surface area (Å²) in [5, 5.41) is 5.35. The molecule has 1 aliphatic rings. The SMILES string of the molecule is C[C@H](N[C@H]1CCCc2ccccc21)C(=O)NC(N)=O. The lowest BCUT2D eigenvalue weighted by atomic mass is 9.87. The third-order valence-corrected chi connectivity index (χ3v) is 3.46. The highest BCUT2D eigenvalue weighted by Gasteiger charge is 2.23. The van der Waals surface area contributed by atoms with Crippen molar-refractivity contribution >= 4 is 11.9 Å². The number of imide groups is 1. The van der Waals surface area contributed by atoms with E-state index in [-0.39, 0.29) is 6.04 Å². The van der Waals surface area contributed by atoms with E-state index in [1.54, 1.807) is 6.92 Å². The lowest BCUT2D eigenvalue weighted by Gasteiger charge is -2.28. The van der Waals surface area contributed by atoms with Gasteiger partial charge in [-0.3, -0.25) is 15.4 Å². The molecule has 0 bridgehead atoms. The summed E-state index contributed by atoms with van der Waals surface area (Å²) in [6.45, 7) is 1.73. The van der Waals surface area contributed by atoms with Gasteiger partial charge in [0.05, 0.1) is 6.04 Å². The first-order chi connectivity index (χ1) is 9.08. The first-order valence-electron chi connectivity index (χ1n) is 6.52. The molecule has 0 unspecified atom stereocenters. The number of rotatable bonds is 3. The molecule has 0 fully saturated rings. The zero-order valence-electron chi connectivity index (χ0n) is 11.0. The van der Waals surface area contributed by atoms with E-state index in [4.69, 9.17) is 5.73 Å². The number of aryl methyl sites for hydroxylation is 1. The molecule has 0 heterocycles. The second-order valence-corrected chi connectivity index (χ2v) is 4.89. The lowest BCUT2D eigenvalue weighted by Crippen LogP contribution is -2.47. The number of amides is 3. The van der Waals surface area contributed by atoms with Crippen LogP contribution in [0, 0.1) is 0 Å². The third kappa shape index (κ3) is 3.32. The van der Waals surface area contributed by atoms with Gasteiger partial charge in [0.15, 0.2) is 0 Å². The van der Waals surface area contributed by atoms with Crippen LogP contribution in [0.2, 0.25) is 0 Å². The minimum atomic E-state index is -0.817. The number of primary amides is 1. The predicted octanol–water partition coefficient (Wildman–Crippen LogP) is 1.24. The second-order valence-electron chi connectivity index (χ2n) is 4.89. The van der Waals surface area contributed by atoms with Gasteiger partial charge in [-0.1, -0.05) is 24.3 Å². The van der Waals surface area contributed by atoms with Crippen LogP contribution in [0.1, 0.15) is 36.9 Å². The van der Waals surface area contributed by atoms with Gasteiger partial charge in [-0.15, -0.1) is 0 Å². The Kier molecular flexibility index (Phi) is 4.16. The molecule has 0 radical (unpaired) electrons. The maximum absolute atomic E-state index is 11.7. The number of fused-ring (bicyclic) bond motifs is 1. The summed E-state index contributed by atoms with van der Waals surface area (Å²) in [6.07, 6.45) is 3.17. The number of hydrogen-bond donors (Lipinski definition) is 3. The van der Waals surface area contributed by atoms with Crippen LogP contribution >= 0.6 is 0 Å². The molecule has 0 saturated carbocycles. The van der Waals surface area contributed by atoms with E-state index < -0.39 is 18.0 Å². The molecule has 0 saturated heterocycles. The number of carbonyl (C=O) groups excluding carboxylic acids is 2. The molecule has 1 aromatic rings. The van der Waals surface area contributed by atoms with Gasteiger partial charge >= 0.3 is 6.03 Å². The maximum Gasteiger partial charge on any atom is 0.318 e. The van der Waals surface area contributed by atoms with Gasteiger partial charge in [-0.25, -0.2) is 4.79 Å². The van der Waals surface area contributed by atoms with Gasteiger partial charge in [-0.05, 0) is 37.3 Å².